The molecule has 0 aromatic rings. The van der Waals surface area contributed by atoms with Crippen LogP contribution in [0.5, 0.6) is 0 Å². The minimum absolute atomic E-state index is 0.216. The molecule has 0 radical (unpaired) electrons. The van der Waals surface area contributed by atoms with Gasteiger partial charge in [-0.2, -0.15) is 10.1 Å². The minimum Gasteiger partial charge on any atom is -0.393 e. The lowest BCUT2D eigenvalue weighted by Gasteiger charge is -2.60. The van der Waals surface area contributed by atoms with Crippen molar-refractivity contribution >= 4 is 0 Å². The Labute approximate surface area is 206 Å². The molecular weight excluding hydrogens is 428 g/mol. The van der Waals surface area contributed by atoms with Gasteiger partial charge in [0.25, 0.3) is 0 Å². The van der Waals surface area contributed by atoms with Gasteiger partial charge in [-0.3, -0.25) is 0 Å². The lowest BCUT2D eigenvalue weighted by atomic mass is 9.62. The molecule has 0 amide bonds. The molecule has 34 heavy (non-hydrogen) atoms. The molecule has 6 heteroatoms. The summed E-state index contributed by atoms with van der Waals surface area (Å²) >= 11 is 0. The average Bonchev–Trinajstić information content (AvgIpc) is 3.00. The summed E-state index contributed by atoms with van der Waals surface area (Å²) in [5, 5.41) is 48.0. The van der Waals surface area contributed by atoms with Gasteiger partial charge in [-0.1, -0.05) is 44.9 Å². The van der Waals surface area contributed by atoms with Gasteiger partial charge < -0.3 is 20.6 Å². The van der Waals surface area contributed by atoms with Crippen molar-refractivity contribution in [2.45, 2.75) is 164 Å². The van der Waals surface area contributed by atoms with Crippen LogP contribution in [0.4, 0.5) is 0 Å². The lowest BCUT2D eigenvalue weighted by Crippen LogP contribution is -2.67. The third-order valence-electron chi connectivity index (χ3n) is 11.0. The highest BCUT2D eigenvalue weighted by Crippen LogP contribution is 2.54. The van der Waals surface area contributed by atoms with Crippen LogP contribution in [0, 0.1) is 11.8 Å². The summed E-state index contributed by atoms with van der Waals surface area (Å²) in [5.74, 6) is 1.17. The second-order valence-electron chi connectivity index (χ2n) is 13.8. The first-order valence-electron chi connectivity index (χ1n) is 14.4. The lowest BCUT2D eigenvalue weighted by molar-refractivity contribution is -0.295. The van der Waals surface area contributed by atoms with Crippen molar-refractivity contribution in [2.75, 3.05) is 0 Å². The van der Waals surface area contributed by atoms with E-state index in [1.165, 1.54) is 19.3 Å². The highest BCUT2D eigenvalue weighted by Gasteiger charge is 2.56. The van der Waals surface area contributed by atoms with E-state index in [2.05, 4.69) is 13.8 Å². The third-order valence-corrected chi connectivity index (χ3v) is 11.0. The Bertz CT molecular complexity index is 725. The Morgan fingerprint density at radius 1 is 0.529 bits per heavy atom. The number of piperidine rings is 2. The molecule has 5 aliphatic rings. The molecule has 0 bridgehead atoms. The summed E-state index contributed by atoms with van der Waals surface area (Å²) in [4.78, 5) is 0. The Kier molecular flexibility index (Phi) is 6.92. The summed E-state index contributed by atoms with van der Waals surface area (Å²) < 4.78 is 0. The number of nitrogens with zero attached hydrogens (tertiary/aromatic N) is 2. The van der Waals surface area contributed by atoms with Crippen molar-refractivity contribution in [1.82, 2.24) is 10.1 Å². The maximum Gasteiger partial charge on any atom is 0.0577 e. The van der Waals surface area contributed by atoms with Crippen molar-refractivity contribution in [3.05, 3.63) is 0 Å². The Hall–Kier alpha value is -0.240. The normalized spacial score (nSPS) is 46.1. The maximum atomic E-state index is 11.7. The van der Waals surface area contributed by atoms with E-state index >= 15 is 0 Å². The first-order chi connectivity index (χ1) is 16.1. The molecule has 6 unspecified atom stereocenters. The summed E-state index contributed by atoms with van der Waals surface area (Å²) in [6, 6.07) is 0. The van der Waals surface area contributed by atoms with E-state index in [9.17, 15) is 20.6 Å². The van der Waals surface area contributed by atoms with Crippen LogP contribution < -0.4 is 0 Å². The fourth-order valence-corrected chi connectivity index (χ4v) is 9.62. The highest BCUT2D eigenvalue weighted by molar-refractivity contribution is 5.08. The molecule has 196 valence electrons. The van der Waals surface area contributed by atoms with Crippen LogP contribution in [0.2, 0.25) is 0 Å². The molecular formula is C28H50N2O4. The largest absolute Gasteiger partial charge is 0.393 e. The second-order valence-corrected chi connectivity index (χ2v) is 13.8. The fraction of sp³-hybridized carbons (Fsp3) is 1.00. The van der Waals surface area contributed by atoms with Gasteiger partial charge >= 0.3 is 0 Å². The van der Waals surface area contributed by atoms with E-state index in [1.807, 2.05) is 5.06 Å². The number of hydrogen-bond donors (Lipinski definition) is 4. The summed E-state index contributed by atoms with van der Waals surface area (Å²) in [7, 11) is 0. The standard InChI is InChI=1S/C28H50N2O4/c1-25(2)17-23(31)18-27(29(25)33)13-6-8-21(10-15-27)22-9-7-14-28(16-22)20-24(32)19-26(30(28)34)11-4-3-5-12-26/h21-24,31-34H,3-20H2,1-2H3. The second kappa shape index (κ2) is 9.25. The van der Waals surface area contributed by atoms with Gasteiger partial charge in [0.15, 0.2) is 0 Å². The molecule has 3 spiro atoms. The number of rotatable bonds is 1. The van der Waals surface area contributed by atoms with E-state index < -0.39 is 5.54 Å². The van der Waals surface area contributed by atoms with Crippen molar-refractivity contribution in [2.24, 2.45) is 11.8 Å². The van der Waals surface area contributed by atoms with Gasteiger partial charge in [-0.05, 0) is 96.3 Å². The number of aliphatic hydroxyl groups excluding tert-OH is 2. The highest BCUT2D eigenvalue weighted by atomic mass is 16.5. The van der Waals surface area contributed by atoms with E-state index in [4.69, 9.17) is 0 Å². The number of hydroxylamine groups is 4. The monoisotopic (exact) mass is 478 g/mol. The molecule has 4 N–H and O–H groups in total. The molecule has 2 aliphatic heterocycles. The van der Waals surface area contributed by atoms with Gasteiger partial charge in [-0.15, -0.1) is 0 Å². The molecule has 0 aromatic heterocycles. The van der Waals surface area contributed by atoms with Crippen LogP contribution in [-0.2, 0) is 0 Å². The first-order valence-corrected chi connectivity index (χ1v) is 14.4. The van der Waals surface area contributed by atoms with Crippen LogP contribution in [-0.4, -0.2) is 65.1 Å². The van der Waals surface area contributed by atoms with E-state index in [0.717, 1.165) is 77.0 Å². The molecule has 5 rings (SSSR count). The first kappa shape index (κ1) is 25.4. The Morgan fingerprint density at radius 3 is 1.76 bits per heavy atom. The third kappa shape index (κ3) is 4.39. The molecule has 2 heterocycles. The number of aliphatic hydroxyl groups is 2. The molecule has 3 saturated carbocycles. The van der Waals surface area contributed by atoms with Gasteiger partial charge in [0.2, 0.25) is 0 Å². The van der Waals surface area contributed by atoms with E-state index in [-0.39, 0.29) is 28.8 Å². The Balaban J connectivity index is 1.31. The smallest absolute Gasteiger partial charge is 0.0577 e. The molecule has 6 nitrogen and oxygen atoms in total. The zero-order valence-electron chi connectivity index (χ0n) is 21.7. The van der Waals surface area contributed by atoms with Gasteiger partial charge in [0.1, 0.15) is 0 Å². The predicted octanol–water partition coefficient (Wildman–Crippen LogP) is 5.41. The molecule has 0 aromatic carbocycles. The van der Waals surface area contributed by atoms with Crippen LogP contribution in [0.1, 0.15) is 129 Å². The van der Waals surface area contributed by atoms with Crippen molar-refractivity contribution in [1.29, 1.82) is 0 Å². The van der Waals surface area contributed by atoms with Gasteiger partial charge in [0, 0.05) is 22.2 Å². The van der Waals surface area contributed by atoms with Crippen LogP contribution in [0.15, 0.2) is 0 Å². The van der Waals surface area contributed by atoms with E-state index in [1.54, 1.807) is 5.06 Å². The van der Waals surface area contributed by atoms with Crippen molar-refractivity contribution in [3.8, 4) is 0 Å². The molecule has 2 saturated heterocycles. The van der Waals surface area contributed by atoms with Crippen molar-refractivity contribution in [3.63, 3.8) is 0 Å². The summed E-state index contributed by atoms with van der Waals surface area (Å²) in [6.45, 7) is 4.10. The fourth-order valence-electron chi connectivity index (χ4n) is 9.62. The van der Waals surface area contributed by atoms with Gasteiger partial charge in [-0.25, -0.2) is 0 Å². The molecule has 5 fully saturated rings. The number of hydrogen-bond acceptors (Lipinski definition) is 6. The van der Waals surface area contributed by atoms with E-state index in [0.29, 0.717) is 31.1 Å². The van der Waals surface area contributed by atoms with Gasteiger partial charge in [0.05, 0.1) is 12.2 Å². The minimum atomic E-state index is -0.393. The molecule has 3 aliphatic carbocycles. The zero-order valence-corrected chi connectivity index (χ0v) is 21.7. The summed E-state index contributed by atoms with van der Waals surface area (Å²) in [6.07, 6.45) is 17.3. The van der Waals surface area contributed by atoms with Crippen molar-refractivity contribution < 1.29 is 20.6 Å². The van der Waals surface area contributed by atoms with Crippen LogP contribution in [0.3, 0.4) is 0 Å². The molecule has 6 atom stereocenters. The predicted molar refractivity (Wildman–Crippen MR) is 132 cm³/mol. The zero-order chi connectivity index (χ0) is 24.2. The van der Waals surface area contributed by atoms with Crippen LogP contribution >= 0.6 is 0 Å². The topological polar surface area (TPSA) is 87.4 Å². The maximum absolute atomic E-state index is 11.7. The Morgan fingerprint density at radius 2 is 1.06 bits per heavy atom. The SMILES string of the molecule is CC1(C)CC(O)CC2(CCCC(C3CCCC4(CC(O)CC5(CCCCC5)N4O)C3)CC2)N1O. The van der Waals surface area contributed by atoms with Crippen LogP contribution in [0.25, 0.3) is 0 Å². The average molecular weight is 479 g/mol. The quantitative estimate of drug-likeness (QED) is 0.403. The summed E-state index contributed by atoms with van der Waals surface area (Å²) in [5.41, 5.74) is -1.19.